The van der Waals surface area contributed by atoms with Crippen molar-refractivity contribution in [2.75, 3.05) is 0 Å². The monoisotopic (exact) mass is 478 g/mol. The Kier molecular flexibility index (Phi) is 5.36. The summed E-state index contributed by atoms with van der Waals surface area (Å²) < 4.78 is 2.41. The van der Waals surface area contributed by atoms with Gasteiger partial charge in [-0.05, 0) is 61.6 Å². The van der Waals surface area contributed by atoms with Gasteiger partial charge in [-0.2, -0.15) is 0 Å². The van der Waals surface area contributed by atoms with Gasteiger partial charge in [0.1, 0.15) is 0 Å². The van der Waals surface area contributed by atoms with Crippen molar-refractivity contribution in [3.8, 4) is 39.6 Å². The molecule has 0 unspecified atom stereocenters. The molecule has 0 radical (unpaired) electrons. The Hall–Kier alpha value is -4.57. The molecule has 0 fully saturated rings. The highest BCUT2D eigenvalue weighted by Crippen LogP contribution is 2.34. The van der Waals surface area contributed by atoms with Crippen LogP contribution in [0.2, 0.25) is 0 Å². The van der Waals surface area contributed by atoms with E-state index in [-0.39, 0.29) is 0 Å². The van der Waals surface area contributed by atoms with Crippen LogP contribution in [0.5, 0.6) is 0 Å². The lowest BCUT2D eigenvalue weighted by Crippen LogP contribution is -2.06. The molecule has 0 aliphatic heterocycles. The van der Waals surface area contributed by atoms with Crippen LogP contribution in [0.1, 0.15) is 24.1 Å². The summed E-state index contributed by atoms with van der Waals surface area (Å²) in [6.45, 7) is 0. The van der Waals surface area contributed by atoms with E-state index in [4.69, 9.17) is 15.0 Å². The van der Waals surface area contributed by atoms with E-state index in [1.54, 1.807) is 0 Å². The van der Waals surface area contributed by atoms with Gasteiger partial charge in [0.05, 0.1) is 22.4 Å². The number of aryl methyl sites for hydroxylation is 1. The Labute approximate surface area is 216 Å². The summed E-state index contributed by atoms with van der Waals surface area (Å²) in [5, 5.41) is 0. The van der Waals surface area contributed by atoms with Gasteiger partial charge in [-0.15, -0.1) is 0 Å². The molecule has 3 heterocycles. The molecule has 3 aromatic carbocycles. The van der Waals surface area contributed by atoms with Gasteiger partial charge >= 0.3 is 0 Å². The number of nitrogens with zero attached hydrogens (tertiary/aromatic N) is 4. The summed E-state index contributed by atoms with van der Waals surface area (Å²) >= 11 is 0. The van der Waals surface area contributed by atoms with Crippen molar-refractivity contribution in [3.05, 3.63) is 121 Å². The molecule has 4 heteroatoms. The van der Waals surface area contributed by atoms with E-state index < -0.39 is 0 Å². The van der Waals surface area contributed by atoms with Crippen molar-refractivity contribution in [1.29, 1.82) is 0 Å². The molecule has 3 aromatic heterocycles. The average Bonchev–Trinajstić information content (AvgIpc) is 3.32. The van der Waals surface area contributed by atoms with Crippen molar-refractivity contribution in [2.45, 2.75) is 25.7 Å². The lowest BCUT2D eigenvalue weighted by atomic mass is 9.97. The molecule has 37 heavy (non-hydrogen) atoms. The third kappa shape index (κ3) is 3.91. The molecular formula is C33H26N4. The Morgan fingerprint density at radius 2 is 1.24 bits per heavy atom. The van der Waals surface area contributed by atoms with E-state index >= 15 is 0 Å². The maximum absolute atomic E-state index is 4.98. The van der Waals surface area contributed by atoms with Crippen LogP contribution in [-0.2, 0) is 12.8 Å². The van der Waals surface area contributed by atoms with Crippen molar-refractivity contribution in [1.82, 2.24) is 19.5 Å². The van der Waals surface area contributed by atoms with E-state index in [2.05, 4.69) is 65.2 Å². The van der Waals surface area contributed by atoms with Gasteiger partial charge < -0.3 is 4.57 Å². The molecule has 1 aliphatic rings. The van der Waals surface area contributed by atoms with Gasteiger partial charge in [0.15, 0.2) is 5.82 Å². The highest BCUT2D eigenvalue weighted by atomic mass is 15.0. The minimum atomic E-state index is 0.734. The van der Waals surface area contributed by atoms with Gasteiger partial charge in [0.2, 0.25) is 0 Å². The molecule has 0 spiro atoms. The minimum Gasteiger partial charge on any atom is -0.312 e. The fourth-order valence-electron chi connectivity index (χ4n) is 5.49. The molecule has 178 valence electrons. The van der Waals surface area contributed by atoms with E-state index in [1.807, 2.05) is 48.7 Å². The molecule has 0 N–H and O–H groups in total. The largest absolute Gasteiger partial charge is 0.312 e. The molecule has 7 rings (SSSR count). The van der Waals surface area contributed by atoms with Gasteiger partial charge in [0.25, 0.3) is 0 Å². The van der Waals surface area contributed by atoms with Gasteiger partial charge in [-0.1, -0.05) is 72.8 Å². The second-order valence-electron chi connectivity index (χ2n) is 9.58. The first-order valence-electron chi connectivity index (χ1n) is 12.9. The van der Waals surface area contributed by atoms with Gasteiger partial charge in [-0.3, -0.25) is 4.98 Å². The maximum atomic E-state index is 4.98. The predicted molar refractivity (Wildman–Crippen MR) is 150 cm³/mol. The molecule has 0 saturated heterocycles. The second-order valence-corrected chi connectivity index (χ2v) is 9.58. The van der Waals surface area contributed by atoms with Crippen molar-refractivity contribution in [3.63, 3.8) is 0 Å². The van der Waals surface area contributed by atoms with Gasteiger partial charge in [0, 0.05) is 34.3 Å². The number of rotatable bonds is 4. The molecule has 1 aliphatic carbocycles. The van der Waals surface area contributed by atoms with E-state index in [1.165, 1.54) is 35.3 Å². The van der Waals surface area contributed by atoms with Crippen LogP contribution in [0.4, 0.5) is 0 Å². The standard InChI is InChI=1S/C33H26N4/c1-3-10-23(11-4-1)28-22-29(36-33(35-28)25-12-5-2-6-13-25)24-17-19-26(20-18-24)37-30-15-8-7-14-27(30)32-31(37)16-9-21-34-32/h1-6,9-13,16-22H,7-8,14-15H2. The first-order chi connectivity index (χ1) is 18.3. The second kappa shape index (κ2) is 9.14. The van der Waals surface area contributed by atoms with E-state index in [0.717, 1.165) is 52.3 Å². The van der Waals surface area contributed by atoms with Crippen molar-refractivity contribution in [2.24, 2.45) is 0 Å². The lowest BCUT2D eigenvalue weighted by molar-refractivity contribution is 0.666. The number of aromatic nitrogens is 4. The summed E-state index contributed by atoms with van der Waals surface area (Å²) in [6.07, 6.45) is 6.59. The van der Waals surface area contributed by atoms with Crippen LogP contribution in [0.3, 0.4) is 0 Å². The smallest absolute Gasteiger partial charge is 0.160 e. The quantitative estimate of drug-likeness (QED) is 0.261. The molecule has 0 saturated carbocycles. The molecule has 4 nitrogen and oxygen atoms in total. The molecule has 0 amide bonds. The van der Waals surface area contributed by atoms with E-state index in [0.29, 0.717) is 0 Å². The first kappa shape index (κ1) is 21.7. The third-order valence-electron chi connectivity index (χ3n) is 7.27. The minimum absolute atomic E-state index is 0.734. The van der Waals surface area contributed by atoms with Crippen LogP contribution in [0.15, 0.2) is 109 Å². The Bertz CT molecular complexity index is 1640. The van der Waals surface area contributed by atoms with Crippen LogP contribution in [-0.4, -0.2) is 19.5 Å². The van der Waals surface area contributed by atoms with E-state index in [9.17, 15) is 0 Å². The van der Waals surface area contributed by atoms with Crippen molar-refractivity contribution >= 4 is 11.0 Å². The number of fused-ring (bicyclic) bond motifs is 3. The Morgan fingerprint density at radius 3 is 1.97 bits per heavy atom. The molecule has 0 bridgehead atoms. The third-order valence-corrected chi connectivity index (χ3v) is 7.27. The van der Waals surface area contributed by atoms with Crippen molar-refractivity contribution < 1.29 is 0 Å². The van der Waals surface area contributed by atoms with Crippen LogP contribution < -0.4 is 0 Å². The van der Waals surface area contributed by atoms with Crippen LogP contribution >= 0.6 is 0 Å². The summed E-state index contributed by atoms with van der Waals surface area (Å²) in [7, 11) is 0. The molecule has 0 atom stereocenters. The zero-order valence-electron chi connectivity index (χ0n) is 20.5. The Morgan fingerprint density at radius 1 is 0.595 bits per heavy atom. The summed E-state index contributed by atoms with van der Waals surface area (Å²) in [6, 6.07) is 35.6. The fourth-order valence-corrected chi connectivity index (χ4v) is 5.49. The molecule has 6 aromatic rings. The fraction of sp³-hybridized carbons (Fsp3) is 0.121. The number of benzene rings is 3. The maximum Gasteiger partial charge on any atom is 0.160 e. The number of pyridine rings is 1. The summed E-state index contributed by atoms with van der Waals surface area (Å²) in [5.74, 6) is 0.734. The van der Waals surface area contributed by atoms with Gasteiger partial charge in [-0.25, -0.2) is 9.97 Å². The van der Waals surface area contributed by atoms with Crippen LogP contribution in [0, 0.1) is 0 Å². The number of hydrogen-bond donors (Lipinski definition) is 0. The average molecular weight is 479 g/mol. The van der Waals surface area contributed by atoms with Crippen LogP contribution in [0.25, 0.3) is 50.6 Å². The molecular weight excluding hydrogens is 452 g/mol. The SMILES string of the molecule is c1ccc(-c2cc(-c3ccc(-n4c5c(c6ncccc64)CCCC5)cc3)nc(-c3ccccc3)n2)cc1. The number of hydrogen-bond acceptors (Lipinski definition) is 3. The highest BCUT2D eigenvalue weighted by molar-refractivity contribution is 5.84. The Balaban J connectivity index is 1.34. The topological polar surface area (TPSA) is 43.6 Å². The lowest BCUT2D eigenvalue weighted by Gasteiger charge is -2.16. The predicted octanol–water partition coefficient (Wildman–Crippen LogP) is 7.70. The highest BCUT2D eigenvalue weighted by Gasteiger charge is 2.21. The summed E-state index contributed by atoms with van der Waals surface area (Å²) in [4.78, 5) is 14.6. The zero-order chi connectivity index (χ0) is 24.6. The zero-order valence-corrected chi connectivity index (χ0v) is 20.5. The normalized spacial score (nSPS) is 13.0. The summed E-state index contributed by atoms with van der Waals surface area (Å²) in [5.41, 5.74) is 11.3. The first-order valence-corrected chi connectivity index (χ1v) is 12.9.